The highest BCUT2D eigenvalue weighted by atomic mass is 16.5. The van der Waals surface area contributed by atoms with Crippen LogP contribution in [0.2, 0.25) is 0 Å². The highest BCUT2D eigenvalue weighted by molar-refractivity contribution is 6.25. The van der Waals surface area contributed by atoms with Gasteiger partial charge in [-0.25, -0.2) is 0 Å². The summed E-state index contributed by atoms with van der Waals surface area (Å²) in [4.78, 5) is 42.6. The van der Waals surface area contributed by atoms with Crippen molar-refractivity contribution in [1.82, 2.24) is 10.2 Å². The van der Waals surface area contributed by atoms with Crippen LogP contribution in [-0.4, -0.2) is 48.4 Å². The molecular formula is C29H33N3O4. The largest absolute Gasteiger partial charge is 0.497 e. The van der Waals surface area contributed by atoms with E-state index in [1.807, 2.05) is 74.5 Å². The first-order valence-corrected chi connectivity index (χ1v) is 12.4. The van der Waals surface area contributed by atoms with Crippen LogP contribution in [0.15, 0.2) is 60.7 Å². The van der Waals surface area contributed by atoms with Crippen molar-refractivity contribution in [2.24, 2.45) is 0 Å². The molecule has 36 heavy (non-hydrogen) atoms. The zero-order valence-corrected chi connectivity index (χ0v) is 21.3. The smallest absolute Gasteiger partial charge is 0.258 e. The van der Waals surface area contributed by atoms with Crippen LogP contribution in [0, 0.1) is 0 Å². The van der Waals surface area contributed by atoms with E-state index in [1.165, 1.54) is 0 Å². The molecule has 1 atom stereocenters. The lowest BCUT2D eigenvalue weighted by Gasteiger charge is -2.30. The van der Waals surface area contributed by atoms with Crippen molar-refractivity contribution in [2.45, 2.75) is 52.2 Å². The molecule has 1 heterocycles. The Labute approximate surface area is 212 Å². The lowest BCUT2D eigenvalue weighted by molar-refractivity contribution is -0.140. The average Bonchev–Trinajstić information content (AvgIpc) is 3.14. The van der Waals surface area contributed by atoms with Crippen molar-refractivity contribution in [3.05, 3.63) is 71.8 Å². The number of anilines is 1. The third kappa shape index (κ3) is 5.20. The van der Waals surface area contributed by atoms with E-state index in [0.29, 0.717) is 24.3 Å². The molecule has 7 nitrogen and oxygen atoms in total. The average molecular weight is 488 g/mol. The number of ether oxygens (including phenoxy) is 1. The molecule has 0 spiro atoms. The summed E-state index contributed by atoms with van der Waals surface area (Å²) < 4.78 is 5.32. The first-order chi connectivity index (χ1) is 17.3. The Morgan fingerprint density at radius 3 is 2.47 bits per heavy atom. The number of carbonyl (C=O) groups is 3. The van der Waals surface area contributed by atoms with Gasteiger partial charge in [0.2, 0.25) is 11.8 Å². The minimum Gasteiger partial charge on any atom is -0.497 e. The summed E-state index contributed by atoms with van der Waals surface area (Å²) in [5, 5.41) is 4.91. The second kappa shape index (κ2) is 10.8. The molecule has 4 rings (SSSR count). The van der Waals surface area contributed by atoms with Gasteiger partial charge < -0.3 is 19.9 Å². The highest BCUT2D eigenvalue weighted by Crippen LogP contribution is 2.37. The summed E-state index contributed by atoms with van der Waals surface area (Å²) in [6.45, 7) is 6.25. The van der Waals surface area contributed by atoms with Crippen LogP contribution in [0.25, 0.3) is 10.8 Å². The Hall–Kier alpha value is -3.87. The third-order valence-electron chi connectivity index (χ3n) is 6.51. The van der Waals surface area contributed by atoms with Crippen LogP contribution in [0.1, 0.15) is 49.5 Å². The van der Waals surface area contributed by atoms with E-state index in [-0.39, 0.29) is 36.7 Å². The summed E-state index contributed by atoms with van der Waals surface area (Å²) in [5.41, 5.74) is 2.47. The summed E-state index contributed by atoms with van der Waals surface area (Å²) in [6, 6.07) is 18.5. The molecule has 0 saturated heterocycles. The molecule has 3 amide bonds. The molecule has 0 fully saturated rings. The minimum atomic E-state index is -0.641. The maximum atomic E-state index is 13.4. The fourth-order valence-corrected chi connectivity index (χ4v) is 4.69. The van der Waals surface area contributed by atoms with Gasteiger partial charge in [0.1, 0.15) is 11.8 Å². The lowest BCUT2D eigenvalue weighted by Crippen LogP contribution is -2.49. The predicted molar refractivity (Wildman–Crippen MR) is 141 cm³/mol. The van der Waals surface area contributed by atoms with Crippen LogP contribution in [-0.2, 0) is 16.1 Å². The number of methoxy groups -OCH3 is 1. The minimum absolute atomic E-state index is 0.0285. The maximum Gasteiger partial charge on any atom is 0.258 e. The molecule has 0 radical (unpaired) electrons. The molecule has 188 valence electrons. The molecule has 1 aliphatic rings. The summed E-state index contributed by atoms with van der Waals surface area (Å²) in [7, 11) is 1.60. The van der Waals surface area contributed by atoms with Crippen LogP contribution >= 0.6 is 0 Å². The van der Waals surface area contributed by atoms with Gasteiger partial charge in [-0.15, -0.1) is 0 Å². The quantitative estimate of drug-likeness (QED) is 0.456. The Balaban J connectivity index is 1.47. The van der Waals surface area contributed by atoms with E-state index in [1.54, 1.807) is 23.8 Å². The Kier molecular flexibility index (Phi) is 7.58. The molecule has 0 unspecified atom stereocenters. The van der Waals surface area contributed by atoms with Gasteiger partial charge in [-0.3, -0.25) is 14.4 Å². The topological polar surface area (TPSA) is 79.0 Å². The number of nitrogens with one attached hydrogen (secondary N) is 1. The number of amides is 3. The number of rotatable bonds is 10. The number of benzene rings is 3. The SMILES string of the molecule is COc1cccc(CN(C(=O)CCCN2C(=O)c3cccc4cccc2c34)[C@@H](C)C(=O)NC(C)C)c1. The van der Waals surface area contributed by atoms with E-state index in [4.69, 9.17) is 4.74 Å². The standard InChI is InChI=1S/C29H33N3O4/c1-19(2)30-28(34)20(3)32(18-21-9-5-12-23(17-21)36-4)26(33)15-8-16-31-25-14-7-11-22-10-6-13-24(27(22)25)29(31)35/h5-7,9-14,17,19-20H,8,15-16,18H2,1-4H3,(H,30,34)/t20-/m0/s1. The van der Waals surface area contributed by atoms with Gasteiger partial charge in [-0.05, 0) is 62.4 Å². The zero-order chi connectivity index (χ0) is 25.8. The fourth-order valence-electron chi connectivity index (χ4n) is 4.69. The Bertz CT molecular complexity index is 1280. The molecule has 0 saturated carbocycles. The van der Waals surface area contributed by atoms with Crippen molar-refractivity contribution in [3.8, 4) is 5.75 Å². The zero-order valence-electron chi connectivity index (χ0n) is 21.3. The number of hydrogen-bond acceptors (Lipinski definition) is 4. The second-order valence-electron chi connectivity index (χ2n) is 9.45. The molecular weight excluding hydrogens is 454 g/mol. The molecule has 0 bridgehead atoms. The first-order valence-electron chi connectivity index (χ1n) is 12.4. The van der Waals surface area contributed by atoms with Gasteiger partial charge in [-0.1, -0.05) is 36.4 Å². The predicted octanol–water partition coefficient (Wildman–Crippen LogP) is 4.53. The van der Waals surface area contributed by atoms with Crippen LogP contribution in [0.5, 0.6) is 5.75 Å². The molecule has 0 aromatic heterocycles. The van der Waals surface area contributed by atoms with E-state index >= 15 is 0 Å². The van der Waals surface area contributed by atoms with E-state index in [0.717, 1.165) is 22.0 Å². The van der Waals surface area contributed by atoms with Gasteiger partial charge in [0.15, 0.2) is 0 Å². The molecule has 3 aromatic rings. The monoisotopic (exact) mass is 487 g/mol. The number of hydrogen-bond donors (Lipinski definition) is 1. The van der Waals surface area contributed by atoms with Gasteiger partial charge in [0.05, 0.1) is 12.8 Å². The number of carbonyl (C=O) groups excluding carboxylic acids is 3. The van der Waals surface area contributed by atoms with Gasteiger partial charge in [0.25, 0.3) is 5.91 Å². The first kappa shape index (κ1) is 25.2. The molecule has 1 N–H and O–H groups in total. The van der Waals surface area contributed by atoms with Gasteiger partial charge in [0, 0.05) is 36.5 Å². The maximum absolute atomic E-state index is 13.4. The number of nitrogens with zero attached hydrogens (tertiary/aromatic N) is 2. The third-order valence-corrected chi connectivity index (χ3v) is 6.51. The highest BCUT2D eigenvalue weighted by Gasteiger charge is 2.30. The molecule has 7 heteroatoms. The van der Waals surface area contributed by atoms with Crippen LogP contribution < -0.4 is 15.0 Å². The lowest BCUT2D eigenvalue weighted by atomic mass is 10.1. The summed E-state index contributed by atoms with van der Waals surface area (Å²) in [6.07, 6.45) is 0.710. The van der Waals surface area contributed by atoms with Crippen molar-refractivity contribution in [1.29, 1.82) is 0 Å². The Morgan fingerprint density at radius 2 is 1.75 bits per heavy atom. The fraction of sp³-hybridized carbons (Fsp3) is 0.345. The van der Waals surface area contributed by atoms with Crippen molar-refractivity contribution in [2.75, 3.05) is 18.6 Å². The van der Waals surface area contributed by atoms with Gasteiger partial charge in [-0.2, -0.15) is 0 Å². The molecule has 1 aliphatic heterocycles. The summed E-state index contributed by atoms with van der Waals surface area (Å²) >= 11 is 0. The van der Waals surface area contributed by atoms with Crippen molar-refractivity contribution < 1.29 is 19.1 Å². The molecule has 3 aromatic carbocycles. The van der Waals surface area contributed by atoms with Gasteiger partial charge >= 0.3 is 0 Å². The second-order valence-corrected chi connectivity index (χ2v) is 9.45. The molecule has 0 aliphatic carbocycles. The van der Waals surface area contributed by atoms with E-state index in [9.17, 15) is 14.4 Å². The van der Waals surface area contributed by atoms with Crippen molar-refractivity contribution in [3.63, 3.8) is 0 Å². The Morgan fingerprint density at radius 1 is 1.03 bits per heavy atom. The van der Waals surface area contributed by atoms with E-state index in [2.05, 4.69) is 5.32 Å². The van der Waals surface area contributed by atoms with Crippen LogP contribution in [0.4, 0.5) is 5.69 Å². The summed E-state index contributed by atoms with van der Waals surface area (Å²) in [5.74, 6) is 0.331. The van der Waals surface area contributed by atoms with Crippen molar-refractivity contribution >= 4 is 34.2 Å². The van der Waals surface area contributed by atoms with E-state index < -0.39 is 6.04 Å². The van der Waals surface area contributed by atoms with Crippen LogP contribution in [0.3, 0.4) is 0 Å². The normalized spacial score (nSPS) is 13.2.